The highest BCUT2D eigenvalue weighted by molar-refractivity contribution is 7.89. The SMILES string of the molecule is Cc1ccc(S(=O)(=O)N[C@@](C)(C(=O)OCc2ccccc2)[C@@H](O)C(C)C)cc1. The average molecular weight is 406 g/mol. The van der Waals surface area contributed by atoms with Gasteiger partial charge in [-0.2, -0.15) is 4.72 Å². The number of hydrogen-bond donors (Lipinski definition) is 2. The van der Waals surface area contributed by atoms with Crippen molar-refractivity contribution in [1.82, 2.24) is 4.72 Å². The number of nitrogens with one attached hydrogen (secondary N) is 1. The van der Waals surface area contributed by atoms with Crippen molar-refractivity contribution in [3.63, 3.8) is 0 Å². The molecule has 2 aromatic rings. The van der Waals surface area contributed by atoms with Crippen molar-refractivity contribution in [3.8, 4) is 0 Å². The normalized spacial score (nSPS) is 15.1. The van der Waals surface area contributed by atoms with E-state index in [4.69, 9.17) is 4.74 Å². The third kappa shape index (κ3) is 5.19. The highest BCUT2D eigenvalue weighted by Crippen LogP contribution is 2.23. The monoisotopic (exact) mass is 405 g/mol. The van der Waals surface area contributed by atoms with Crippen LogP contribution < -0.4 is 4.72 Å². The number of ether oxygens (including phenoxy) is 1. The van der Waals surface area contributed by atoms with Gasteiger partial charge < -0.3 is 9.84 Å². The van der Waals surface area contributed by atoms with Gasteiger partial charge in [-0.15, -0.1) is 0 Å². The summed E-state index contributed by atoms with van der Waals surface area (Å²) in [6.45, 7) is 6.57. The van der Waals surface area contributed by atoms with Crippen LogP contribution in [0, 0.1) is 12.8 Å². The number of aliphatic hydroxyl groups is 1. The maximum atomic E-state index is 12.8. The number of esters is 1. The van der Waals surface area contributed by atoms with E-state index in [0.717, 1.165) is 11.1 Å². The fraction of sp³-hybridized carbons (Fsp3) is 0.381. The quantitative estimate of drug-likeness (QED) is 0.659. The molecule has 6 nitrogen and oxygen atoms in total. The molecule has 0 saturated heterocycles. The minimum absolute atomic E-state index is 0.0103. The van der Waals surface area contributed by atoms with Gasteiger partial charge in [0.15, 0.2) is 5.54 Å². The van der Waals surface area contributed by atoms with Gasteiger partial charge in [-0.05, 0) is 37.5 Å². The predicted octanol–water partition coefficient (Wildman–Crippen LogP) is 2.79. The second kappa shape index (κ2) is 8.86. The van der Waals surface area contributed by atoms with E-state index in [1.165, 1.54) is 19.1 Å². The Morgan fingerprint density at radius 2 is 1.68 bits per heavy atom. The molecular weight excluding hydrogens is 378 g/mol. The van der Waals surface area contributed by atoms with Gasteiger partial charge in [0.1, 0.15) is 6.61 Å². The Bertz CT molecular complexity index is 894. The lowest BCUT2D eigenvalue weighted by Gasteiger charge is -2.34. The molecule has 7 heteroatoms. The Morgan fingerprint density at radius 1 is 1.11 bits per heavy atom. The lowest BCUT2D eigenvalue weighted by molar-refractivity contribution is -0.157. The topological polar surface area (TPSA) is 92.7 Å². The standard InChI is InChI=1S/C21H27NO5S/c1-15(2)19(23)21(4,20(24)27-14-17-8-6-5-7-9-17)22-28(25,26)18-12-10-16(3)11-13-18/h5-13,15,19,22-23H,14H2,1-4H3/t19-,21+/m0/s1. The number of sulfonamides is 1. The summed E-state index contributed by atoms with van der Waals surface area (Å²) in [6.07, 6.45) is -1.28. The number of benzene rings is 2. The second-order valence-electron chi connectivity index (χ2n) is 7.37. The Labute approximate surface area is 166 Å². The fourth-order valence-corrected chi connectivity index (χ4v) is 4.19. The van der Waals surface area contributed by atoms with Gasteiger partial charge in [0.05, 0.1) is 11.0 Å². The van der Waals surface area contributed by atoms with Gasteiger partial charge in [-0.25, -0.2) is 13.2 Å². The van der Waals surface area contributed by atoms with Gasteiger partial charge >= 0.3 is 5.97 Å². The van der Waals surface area contributed by atoms with Crippen LogP contribution in [0.25, 0.3) is 0 Å². The maximum Gasteiger partial charge on any atom is 0.330 e. The maximum absolute atomic E-state index is 12.8. The van der Waals surface area contributed by atoms with Crippen molar-refractivity contribution in [2.75, 3.05) is 0 Å². The number of rotatable bonds is 8. The molecule has 0 amide bonds. The van der Waals surface area contributed by atoms with Crippen molar-refractivity contribution in [3.05, 3.63) is 65.7 Å². The zero-order valence-electron chi connectivity index (χ0n) is 16.5. The Balaban J connectivity index is 2.29. The van der Waals surface area contributed by atoms with E-state index in [1.54, 1.807) is 38.1 Å². The lowest BCUT2D eigenvalue weighted by Crippen LogP contribution is -2.61. The van der Waals surface area contributed by atoms with E-state index in [-0.39, 0.29) is 17.4 Å². The Kier molecular flexibility index (Phi) is 6.98. The first-order valence-corrected chi connectivity index (χ1v) is 10.5. The highest BCUT2D eigenvalue weighted by atomic mass is 32.2. The molecule has 2 aromatic carbocycles. The summed E-state index contributed by atoms with van der Waals surface area (Å²) in [6, 6.07) is 15.3. The highest BCUT2D eigenvalue weighted by Gasteiger charge is 2.47. The zero-order chi connectivity index (χ0) is 20.9. The molecule has 0 aliphatic carbocycles. The van der Waals surface area contributed by atoms with Gasteiger partial charge in [-0.3, -0.25) is 0 Å². The molecule has 2 atom stereocenters. The molecule has 0 aliphatic heterocycles. The number of aliphatic hydroxyl groups excluding tert-OH is 1. The van der Waals surface area contributed by atoms with Crippen molar-refractivity contribution in [1.29, 1.82) is 0 Å². The van der Waals surface area contributed by atoms with Crippen LogP contribution >= 0.6 is 0 Å². The van der Waals surface area contributed by atoms with Crippen molar-refractivity contribution in [2.45, 2.75) is 50.8 Å². The summed E-state index contributed by atoms with van der Waals surface area (Å²) in [4.78, 5) is 12.8. The van der Waals surface area contributed by atoms with Crippen molar-refractivity contribution < 1.29 is 23.1 Å². The molecule has 2 rings (SSSR count). The Morgan fingerprint density at radius 3 is 2.21 bits per heavy atom. The second-order valence-corrected chi connectivity index (χ2v) is 9.05. The van der Waals surface area contributed by atoms with E-state index in [2.05, 4.69) is 4.72 Å². The molecule has 0 bridgehead atoms. The first-order valence-electron chi connectivity index (χ1n) is 9.06. The predicted molar refractivity (Wildman–Crippen MR) is 107 cm³/mol. The molecule has 0 saturated carbocycles. The van der Waals surface area contributed by atoms with Crippen LogP contribution in [0.15, 0.2) is 59.5 Å². The van der Waals surface area contributed by atoms with Crippen LogP contribution in [-0.4, -0.2) is 31.1 Å². The number of aryl methyl sites for hydroxylation is 1. The molecule has 0 heterocycles. The first kappa shape index (κ1) is 22.1. The third-order valence-electron chi connectivity index (χ3n) is 4.54. The average Bonchev–Trinajstić information content (AvgIpc) is 2.66. The van der Waals surface area contributed by atoms with Crippen LogP contribution in [0.2, 0.25) is 0 Å². The summed E-state index contributed by atoms with van der Waals surface area (Å²) in [7, 11) is -4.05. The van der Waals surface area contributed by atoms with E-state index >= 15 is 0 Å². The zero-order valence-corrected chi connectivity index (χ0v) is 17.4. The fourth-order valence-electron chi connectivity index (χ4n) is 2.82. The molecule has 28 heavy (non-hydrogen) atoms. The number of hydrogen-bond acceptors (Lipinski definition) is 5. The van der Waals surface area contributed by atoms with Crippen molar-refractivity contribution in [2.24, 2.45) is 5.92 Å². The van der Waals surface area contributed by atoms with Gasteiger partial charge in [-0.1, -0.05) is 61.9 Å². The Hall–Kier alpha value is -2.22. The van der Waals surface area contributed by atoms with Gasteiger partial charge in [0.2, 0.25) is 10.0 Å². The minimum atomic E-state index is -4.05. The van der Waals surface area contributed by atoms with Gasteiger partial charge in [0, 0.05) is 0 Å². The van der Waals surface area contributed by atoms with E-state index in [9.17, 15) is 18.3 Å². The summed E-state index contributed by atoms with van der Waals surface area (Å²) >= 11 is 0. The molecule has 0 fully saturated rings. The molecule has 152 valence electrons. The van der Waals surface area contributed by atoms with Crippen molar-refractivity contribution >= 4 is 16.0 Å². The van der Waals surface area contributed by atoms with Gasteiger partial charge in [0.25, 0.3) is 0 Å². The van der Waals surface area contributed by atoms with Crippen LogP contribution in [0.5, 0.6) is 0 Å². The molecule has 0 aromatic heterocycles. The van der Waals surface area contributed by atoms with Crippen LogP contribution in [-0.2, 0) is 26.2 Å². The molecular formula is C21H27NO5S. The van der Waals surface area contributed by atoms with E-state index < -0.39 is 27.6 Å². The summed E-state index contributed by atoms with van der Waals surface area (Å²) in [5.74, 6) is -1.22. The largest absolute Gasteiger partial charge is 0.459 e. The third-order valence-corrected chi connectivity index (χ3v) is 6.12. The summed E-state index contributed by atoms with van der Waals surface area (Å²) in [5.41, 5.74) is -0.169. The van der Waals surface area contributed by atoms with Crippen LogP contribution in [0.1, 0.15) is 31.9 Å². The molecule has 0 unspecified atom stereocenters. The minimum Gasteiger partial charge on any atom is -0.459 e. The van der Waals surface area contributed by atoms with Crippen LogP contribution in [0.3, 0.4) is 0 Å². The molecule has 0 spiro atoms. The first-order chi connectivity index (χ1) is 13.1. The summed E-state index contributed by atoms with van der Waals surface area (Å²) in [5, 5.41) is 10.6. The number of carbonyl (C=O) groups is 1. The smallest absolute Gasteiger partial charge is 0.330 e. The lowest BCUT2D eigenvalue weighted by atomic mass is 9.88. The molecule has 2 N–H and O–H groups in total. The molecule has 0 radical (unpaired) electrons. The van der Waals surface area contributed by atoms with Crippen LogP contribution in [0.4, 0.5) is 0 Å². The number of carbonyl (C=O) groups excluding carboxylic acids is 1. The van der Waals surface area contributed by atoms with E-state index in [0.29, 0.717) is 0 Å². The molecule has 0 aliphatic rings. The summed E-state index contributed by atoms with van der Waals surface area (Å²) < 4.78 is 33.4. The van der Waals surface area contributed by atoms with E-state index in [1.807, 2.05) is 25.1 Å².